The first kappa shape index (κ1) is 12.7. The summed E-state index contributed by atoms with van der Waals surface area (Å²) >= 11 is 5.15. The lowest BCUT2D eigenvalue weighted by Gasteiger charge is -2.23. The highest BCUT2D eigenvalue weighted by Gasteiger charge is 2.19. The molecule has 1 aliphatic rings. The molecule has 102 valence electrons. The van der Waals surface area contributed by atoms with E-state index in [1.807, 2.05) is 0 Å². The predicted octanol–water partition coefficient (Wildman–Crippen LogP) is 2.39. The Bertz CT molecular complexity index is 662. The molecule has 1 aromatic heterocycles. The minimum absolute atomic E-state index is 0.138. The molecule has 0 amide bonds. The number of H-pyrrole nitrogens is 1. The molecule has 1 aromatic carbocycles. The van der Waals surface area contributed by atoms with Crippen LogP contribution in [0.15, 0.2) is 12.1 Å². The maximum Gasteiger partial charge on any atom is 0.184 e. The summed E-state index contributed by atoms with van der Waals surface area (Å²) in [5.41, 5.74) is 0.611. The maximum atomic E-state index is 13.9. The quantitative estimate of drug-likeness (QED) is 0.862. The van der Waals surface area contributed by atoms with Gasteiger partial charge >= 0.3 is 0 Å². The molecule has 2 heterocycles. The number of fused-ring (bicyclic) bond motifs is 1. The first-order chi connectivity index (χ1) is 9.16. The van der Waals surface area contributed by atoms with Crippen molar-refractivity contribution in [3.63, 3.8) is 0 Å². The van der Waals surface area contributed by atoms with Gasteiger partial charge in [0, 0.05) is 0 Å². The summed E-state index contributed by atoms with van der Waals surface area (Å²) in [4.78, 5) is 2.86. The number of hydrogen-bond donors (Lipinski definition) is 1. The van der Waals surface area contributed by atoms with Crippen LogP contribution < -0.4 is 0 Å². The summed E-state index contributed by atoms with van der Waals surface area (Å²) in [6.07, 6.45) is -0.206. The summed E-state index contributed by atoms with van der Waals surface area (Å²) in [5, 5.41) is 0. The van der Waals surface area contributed by atoms with E-state index in [0.717, 1.165) is 6.07 Å². The number of nitrogens with zero attached hydrogens (tertiary/aromatic N) is 1. The molecule has 1 unspecified atom stereocenters. The first-order valence-corrected chi connectivity index (χ1v) is 6.33. The fraction of sp³-hybridized carbons (Fsp3) is 0.417. The Kier molecular flexibility index (Phi) is 3.34. The smallest absolute Gasteiger partial charge is 0.184 e. The zero-order valence-electron chi connectivity index (χ0n) is 9.99. The molecule has 3 rings (SSSR count). The maximum absolute atomic E-state index is 13.9. The highest BCUT2D eigenvalue weighted by molar-refractivity contribution is 7.71. The molecule has 1 N–H and O–H groups in total. The van der Waals surface area contributed by atoms with Gasteiger partial charge in [-0.2, -0.15) is 0 Å². The van der Waals surface area contributed by atoms with Gasteiger partial charge in [-0.15, -0.1) is 0 Å². The van der Waals surface area contributed by atoms with E-state index in [1.54, 1.807) is 0 Å². The second-order valence-electron chi connectivity index (χ2n) is 4.37. The van der Waals surface area contributed by atoms with Crippen molar-refractivity contribution in [1.29, 1.82) is 0 Å². The average molecular weight is 286 g/mol. The zero-order chi connectivity index (χ0) is 13.4. The van der Waals surface area contributed by atoms with Crippen molar-refractivity contribution >= 4 is 23.3 Å². The van der Waals surface area contributed by atoms with Gasteiger partial charge in [-0.3, -0.25) is 0 Å². The fourth-order valence-electron chi connectivity index (χ4n) is 2.21. The van der Waals surface area contributed by atoms with E-state index >= 15 is 0 Å². The highest BCUT2D eigenvalue weighted by atomic mass is 32.1. The molecular weight excluding hydrogens is 274 g/mol. The highest BCUT2D eigenvalue weighted by Crippen LogP contribution is 2.21. The number of ether oxygens (including phenoxy) is 2. The van der Waals surface area contributed by atoms with Gasteiger partial charge in [0.15, 0.2) is 16.4 Å². The van der Waals surface area contributed by atoms with Gasteiger partial charge in [0.2, 0.25) is 0 Å². The lowest BCUT2D eigenvalue weighted by Crippen LogP contribution is -2.32. The minimum Gasteiger partial charge on any atom is -0.376 e. The van der Waals surface area contributed by atoms with Crippen LogP contribution in [0.3, 0.4) is 0 Å². The summed E-state index contributed by atoms with van der Waals surface area (Å²) < 4.78 is 39.9. The molecule has 1 saturated heterocycles. The first-order valence-electron chi connectivity index (χ1n) is 5.92. The van der Waals surface area contributed by atoms with E-state index in [2.05, 4.69) is 4.98 Å². The molecule has 1 atom stereocenters. The molecule has 1 aliphatic heterocycles. The van der Waals surface area contributed by atoms with Crippen molar-refractivity contribution < 1.29 is 18.3 Å². The zero-order valence-corrected chi connectivity index (χ0v) is 10.8. The second-order valence-corrected chi connectivity index (χ2v) is 4.75. The Hall–Kier alpha value is -1.31. The van der Waals surface area contributed by atoms with E-state index < -0.39 is 11.6 Å². The van der Waals surface area contributed by atoms with Crippen molar-refractivity contribution in [2.45, 2.75) is 12.6 Å². The summed E-state index contributed by atoms with van der Waals surface area (Å²) in [7, 11) is 0. The number of rotatable bonds is 2. The van der Waals surface area contributed by atoms with E-state index in [4.69, 9.17) is 21.7 Å². The molecule has 4 nitrogen and oxygen atoms in total. The van der Waals surface area contributed by atoms with Gasteiger partial charge in [0.05, 0.1) is 38.0 Å². The van der Waals surface area contributed by atoms with Gasteiger partial charge in [0.25, 0.3) is 0 Å². The van der Waals surface area contributed by atoms with Crippen LogP contribution in [0.1, 0.15) is 0 Å². The fourth-order valence-corrected chi connectivity index (χ4v) is 2.48. The van der Waals surface area contributed by atoms with Crippen LogP contribution in [0.2, 0.25) is 0 Å². The third-order valence-electron chi connectivity index (χ3n) is 3.10. The van der Waals surface area contributed by atoms with Gasteiger partial charge in [-0.1, -0.05) is 0 Å². The summed E-state index contributed by atoms with van der Waals surface area (Å²) in [6.45, 7) is 1.81. The molecule has 0 saturated carbocycles. The van der Waals surface area contributed by atoms with Crippen LogP contribution in [0, 0.1) is 16.4 Å². The third-order valence-corrected chi connectivity index (χ3v) is 3.42. The standard InChI is InChI=1S/C12H12F2N2O2S/c13-8-1-2-9-11(10(8)14)16(12(19)15-9)5-7-6-17-3-4-18-7/h1-2,7H,3-6H2,(H,15,19). The van der Waals surface area contributed by atoms with Crippen molar-refractivity contribution in [3.8, 4) is 0 Å². The van der Waals surface area contributed by atoms with E-state index in [1.165, 1.54) is 10.6 Å². The Morgan fingerprint density at radius 2 is 2.21 bits per heavy atom. The third kappa shape index (κ3) is 2.29. The SMILES string of the molecule is Fc1ccc2[nH]c(=S)n(CC3COCCO3)c2c1F. The van der Waals surface area contributed by atoms with Crippen molar-refractivity contribution in [1.82, 2.24) is 9.55 Å². The second kappa shape index (κ2) is 4.99. The molecule has 2 aromatic rings. The number of benzene rings is 1. The number of aromatic nitrogens is 2. The lowest BCUT2D eigenvalue weighted by molar-refractivity contribution is -0.0933. The van der Waals surface area contributed by atoms with Gasteiger partial charge < -0.3 is 19.0 Å². The topological polar surface area (TPSA) is 39.2 Å². The number of nitrogens with one attached hydrogen (secondary N) is 1. The van der Waals surface area contributed by atoms with Crippen LogP contribution in [0.4, 0.5) is 8.78 Å². The molecule has 0 bridgehead atoms. The van der Waals surface area contributed by atoms with Gasteiger partial charge in [0.1, 0.15) is 5.52 Å². The van der Waals surface area contributed by atoms with E-state index in [0.29, 0.717) is 36.7 Å². The largest absolute Gasteiger partial charge is 0.376 e. The van der Waals surface area contributed by atoms with Gasteiger partial charge in [-0.05, 0) is 24.4 Å². The Morgan fingerprint density at radius 3 is 2.95 bits per heavy atom. The van der Waals surface area contributed by atoms with E-state index in [9.17, 15) is 8.78 Å². The van der Waals surface area contributed by atoms with Crippen LogP contribution in [0.25, 0.3) is 11.0 Å². The molecule has 19 heavy (non-hydrogen) atoms. The monoisotopic (exact) mass is 286 g/mol. The summed E-state index contributed by atoms with van der Waals surface area (Å²) in [5.74, 6) is -1.79. The number of aromatic amines is 1. The predicted molar refractivity (Wildman–Crippen MR) is 67.6 cm³/mol. The van der Waals surface area contributed by atoms with Crippen LogP contribution in [-0.2, 0) is 16.0 Å². The molecule has 0 radical (unpaired) electrons. The molecule has 0 spiro atoms. The normalized spacial score (nSPS) is 20.0. The van der Waals surface area contributed by atoms with Gasteiger partial charge in [-0.25, -0.2) is 8.78 Å². The average Bonchev–Trinajstić information content (AvgIpc) is 2.73. The molecule has 1 fully saturated rings. The molecular formula is C12H12F2N2O2S. The molecule has 0 aliphatic carbocycles. The van der Waals surface area contributed by atoms with Crippen LogP contribution in [0.5, 0.6) is 0 Å². The number of halogens is 2. The van der Waals surface area contributed by atoms with Crippen LogP contribution >= 0.6 is 12.2 Å². The Labute approximate surface area is 112 Å². The van der Waals surface area contributed by atoms with Crippen molar-refractivity contribution in [3.05, 3.63) is 28.5 Å². The van der Waals surface area contributed by atoms with Crippen molar-refractivity contribution in [2.75, 3.05) is 19.8 Å². The van der Waals surface area contributed by atoms with Crippen LogP contribution in [-0.4, -0.2) is 35.5 Å². The molecule has 7 heteroatoms. The van der Waals surface area contributed by atoms with Crippen molar-refractivity contribution in [2.24, 2.45) is 0 Å². The summed E-state index contributed by atoms with van der Waals surface area (Å²) in [6, 6.07) is 2.55. The number of hydrogen-bond acceptors (Lipinski definition) is 3. The minimum atomic E-state index is -0.901. The lowest BCUT2D eigenvalue weighted by atomic mass is 10.2. The number of imidazole rings is 1. The Morgan fingerprint density at radius 1 is 1.37 bits per heavy atom. The van der Waals surface area contributed by atoms with E-state index in [-0.39, 0.29) is 11.6 Å². The Balaban J connectivity index is 2.04.